The largest absolute Gasteiger partial charge is 0.399 e. The number of aromatic nitrogens is 3. The summed E-state index contributed by atoms with van der Waals surface area (Å²) in [7, 11) is 0. The predicted molar refractivity (Wildman–Crippen MR) is 92.7 cm³/mol. The van der Waals surface area contributed by atoms with Gasteiger partial charge in [0.1, 0.15) is 5.82 Å². The topological polar surface area (TPSA) is 91.9 Å². The van der Waals surface area contributed by atoms with E-state index in [1.807, 2.05) is 0 Å². The molecule has 23 heavy (non-hydrogen) atoms. The van der Waals surface area contributed by atoms with Gasteiger partial charge in [-0.25, -0.2) is 9.36 Å². The van der Waals surface area contributed by atoms with Gasteiger partial charge in [0.05, 0.1) is 27.1 Å². The molecule has 0 saturated carbocycles. The van der Waals surface area contributed by atoms with Gasteiger partial charge in [-0.1, -0.05) is 23.2 Å². The molecular formula is C15H13Cl2N5O. The number of nitrogens with two attached hydrogens (primary N) is 2. The van der Waals surface area contributed by atoms with Gasteiger partial charge in [0.25, 0.3) is 0 Å². The normalized spacial score (nSPS) is 10.9. The van der Waals surface area contributed by atoms with Crippen molar-refractivity contribution >= 4 is 34.6 Å². The van der Waals surface area contributed by atoms with Crippen molar-refractivity contribution in [1.82, 2.24) is 14.3 Å². The molecule has 6 nitrogen and oxygen atoms in total. The van der Waals surface area contributed by atoms with E-state index in [0.29, 0.717) is 33.6 Å². The Bertz CT molecular complexity index is 944. The van der Waals surface area contributed by atoms with Gasteiger partial charge < -0.3 is 11.5 Å². The summed E-state index contributed by atoms with van der Waals surface area (Å²) in [6, 6.07) is 9.92. The Morgan fingerprint density at radius 3 is 2.35 bits per heavy atom. The molecule has 0 spiro atoms. The third kappa shape index (κ3) is 2.67. The van der Waals surface area contributed by atoms with E-state index in [1.165, 1.54) is 21.4 Å². The molecule has 0 amide bonds. The second-order valence-electron chi connectivity index (χ2n) is 4.99. The van der Waals surface area contributed by atoms with E-state index in [2.05, 4.69) is 5.10 Å². The highest BCUT2D eigenvalue weighted by molar-refractivity contribution is 6.37. The minimum Gasteiger partial charge on any atom is -0.399 e. The van der Waals surface area contributed by atoms with Crippen molar-refractivity contribution in [2.75, 3.05) is 11.5 Å². The van der Waals surface area contributed by atoms with Crippen molar-refractivity contribution < 1.29 is 0 Å². The Labute approximate surface area is 141 Å². The van der Waals surface area contributed by atoms with Gasteiger partial charge in [0, 0.05) is 5.69 Å². The predicted octanol–water partition coefficient (Wildman–Crippen LogP) is 2.80. The highest BCUT2D eigenvalue weighted by Crippen LogP contribution is 2.28. The molecule has 8 heteroatoms. The number of nitrogen functional groups attached to an aromatic ring is 2. The lowest BCUT2D eigenvalue weighted by Crippen LogP contribution is -2.23. The Kier molecular flexibility index (Phi) is 3.79. The first-order valence-corrected chi connectivity index (χ1v) is 7.43. The zero-order chi connectivity index (χ0) is 16.7. The molecule has 4 N–H and O–H groups in total. The van der Waals surface area contributed by atoms with Crippen molar-refractivity contribution in [2.45, 2.75) is 6.92 Å². The lowest BCUT2D eigenvalue weighted by atomic mass is 10.3. The van der Waals surface area contributed by atoms with Gasteiger partial charge in [-0.15, -0.1) is 5.10 Å². The second kappa shape index (κ2) is 5.64. The van der Waals surface area contributed by atoms with Crippen LogP contribution in [-0.4, -0.2) is 14.3 Å². The van der Waals surface area contributed by atoms with Crippen LogP contribution in [-0.2, 0) is 0 Å². The fourth-order valence-electron chi connectivity index (χ4n) is 2.26. The van der Waals surface area contributed by atoms with Crippen LogP contribution >= 0.6 is 23.2 Å². The highest BCUT2D eigenvalue weighted by Gasteiger charge is 2.16. The van der Waals surface area contributed by atoms with Gasteiger partial charge in [-0.05, 0) is 43.3 Å². The van der Waals surface area contributed by atoms with E-state index in [1.54, 1.807) is 31.2 Å². The Morgan fingerprint density at radius 1 is 1.04 bits per heavy atom. The molecule has 2 aromatic carbocycles. The Balaban J connectivity index is 2.21. The van der Waals surface area contributed by atoms with E-state index in [4.69, 9.17) is 34.7 Å². The number of hydrogen-bond acceptors (Lipinski definition) is 4. The fourth-order valence-corrected chi connectivity index (χ4v) is 2.72. The average Bonchev–Trinajstić information content (AvgIpc) is 2.79. The molecule has 0 aliphatic heterocycles. The molecule has 1 aromatic heterocycles. The first-order chi connectivity index (χ1) is 10.9. The van der Waals surface area contributed by atoms with Gasteiger partial charge in [0.2, 0.25) is 0 Å². The number of benzene rings is 2. The quantitative estimate of drug-likeness (QED) is 0.695. The SMILES string of the molecule is Cc1nn(-c2cc(N)c(Cl)cc2Cl)c(=O)n1-c1ccc(N)cc1. The number of rotatable bonds is 2. The Morgan fingerprint density at radius 2 is 1.70 bits per heavy atom. The zero-order valence-electron chi connectivity index (χ0n) is 12.1. The van der Waals surface area contributed by atoms with E-state index in [9.17, 15) is 4.79 Å². The lowest BCUT2D eigenvalue weighted by Gasteiger charge is -2.06. The van der Waals surface area contributed by atoms with Crippen molar-refractivity contribution in [3.63, 3.8) is 0 Å². The molecule has 0 bridgehead atoms. The monoisotopic (exact) mass is 349 g/mol. The molecule has 0 aliphatic carbocycles. The maximum atomic E-state index is 12.7. The molecule has 0 aliphatic rings. The molecule has 1 heterocycles. The zero-order valence-corrected chi connectivity index (χ0v) is 13.6. The maximum absolute atomic E-state index is 12.7. The lowest BCUT2D eigenvalue weighted by molar-refractivity contribution is 0.827. The van der Waals surface area contributed by atoms with Crippen LogP contribution in [0.4, 0.5) is 11.4 Å². The van der Waals surface area contributed by atoms with Gasteiger partial charge >= 0.3 is 5.69 Å². The van der Waals surface area contributed by atoms with Crippen molar-refractivity contribution in [3.05, 3.63) is 62.8 Å². The van der Waals surface area contributed by atoms with E-state index in [-0.39, 0.29) is 10.7 Å². The molecule has 0 atom stereocenters. The van der Waals surface area contributed by atoms with Crippen molar-refractivity contribution in [1.29, 1.82) is 0 Å². The summed E-state index contributed by atoms with van der Waals surface area (Å²) < 4.78 is 2.65. The van der Waals surface area contributed by atoms with Crippen molar-refractivity contribution in [3.8, 4) is 11.4 Å². The molecule has 3 rings (SSSR count). The van der Waals surface area contributed by atoms with Gasteiger partial charge in [-0.3, -0.25) is 0 Å². The number of aryl methyl sites for hydroxylation is 1. The van der Waals surface area contributed by atoms with Crippen LogP contribution in [0, 0.1) is 6.92 Å². The highest BCUT2D eigenvalue weighted by atomic mass is 35.5. The average molecular weight is 350 g/mol. The summed E-state index contributed by atoms with van der Waals surface area (Å²) in [4.78, 5) is 12.7. The molecular weight excluding hydrogens is 337 g/mol. The molecule has 0 fully saturated rings. The van der Waals surface area contributed by atoms with Crippen LogP contribution in [0.2, 0.25) is 10.0 Å². The van der Waals surface area contributed by atoms with Crippen LogP contribution in [0.15, 0.2) is 41.2 Å². The van der Waals surface area contributed by atoms with Crippen LogP contribution in [0.5, 0.6) is 0 Å². The minimum atomic E-state index is -0.365. The standard InChI is InChI=1S/C15H13Cl2N5O/c1-8-20-22(14-7-13(19)11(16)6-12(14)17)15(23)21(8)10-4-2-9(18)3-5-10/h2-7H,18-19H2,1H3. The molecule has 0 unspecified atom stereocenters. The number of anilines is 2. The van der Waals surface area contributed by atoms with Crippen LogP contribution in [0.1, 0.15) is 5.82 Å². The minimum absolute atomic E-state index is 0.285. The van der Waals surface area contributed by atoms with Gasteiger partial charge in [-0.2, -0.15) is 4.68 Å². The summed E-state index contributed by atoms with van der Waals surface area (Å²) in [6.07, 6.45) is 0. The van der Waals surface area contributed by atoms with E-state index in [0.717, 1.165) is 0 Å². The fraction of sp³-hybridized carbons (Fsp3) is 0.0667. The third-order valence-electron chi connectivity index (χ3n) is 3.39. The first-order valence-electron chi connectivity index (χ1n) is 6.68. The van der Waals surface area contributed by atoms with E-state index < -0.39 is 0 Å². The summed E-state index contributed by atoms with van der Waals surface area (Å²) in [6.45, 7) is 1.72. The number of nitrogens with zero attached hydrogens (tertiary/aromatic N) is 3. The first kappa shape index (κ1) is 15.5. The summed E-state index contributed by atoms with van der Waals surface area (Å²) in [5, 5.41) is 4.87. The summed E-state index contributed by atoms with van der Waals surface area (Å²) >= 11 is 12.1. The summed E-state index contributed by atoms with van der Waals surface area (Å²) in [5.74, 6) is 0.504. The Hall–Kier alpha value is -2.44. The molecule has 3 aromatic rings. The molecule has 0 radical (unpaired) electrons. The number of halogens is 2. The maximum Gasteiger partial charge on any atom is 0.355 e. The van der Waals surface area contributed by atoms with Crippen LogP contribution in [0.25, 0.3) is 11.4 Å². The number of hydrogen-bond donors (Lipinski definition) is 2. The van der Waals surface area contributed by atoms with Gasteiger partial charge in [0.15, 0.2) is 0 Å². The molecule has 118 valence electrons. The van der Waals surface area contributed by atoms with Crippen LogP contribution < -0.4 is 17.2 Å². The second-order valence-corrected chi connectivity index (χ2v) is 5.81. The van der Waals surface area contributed by atoms with Crippen molar-refractivity contribution in [2.24, 2.45) is 0 Å². The third-order valence-corrected chi connectivity index (χ3v) is 4.02. The van der Waals surface area contributed by atoms with Crippen LogP contribution in [0.3, 0.4) is 0 Å². The summed E-state index contributed by atoms with van der Waals surface area (Å²) in [5.41, 5.74) is 13.1. The molecule has 0 saturated heterocycles. The smallest absolute Gasteiger partial charge is 0.355 e. The van der Waals surface area contributed by atoms with E-state index >= 15 is 0 Å².